The summed E-state index contributed by atoms with van der Waals surface area (Å²) in [6.45, 7) is 0.208. The summed E-state index contributed by atoms with van der Waals surface area (Å²) in [6.07, 6.45) is 6.23. The van der Waals surface area contributed by atoms with Crippen LogP contribution >= 0.6 is 0 Å². The third-order valence-corrected chi connectivity index (χ3v) is 2.84. The highest BCUT2D eigenvalue weighted by molar-refractivity contribution is 5.95. The molecule has 0 spiro atoms. The Morgan fingerprint density at radius 1 is 1.43 bits per heavy atom. The molecule has 0 unspecified atom stereocenters. The van der Waals surface area contributed by atoms with Gasteiger partial charge in [0.25, 0.3) is 5.91 Å². The Balaban J connectivity index is 1.95. The topological polar surface area (TPSA) is 107 Å². The minimum atomic E-state index is -0.697. The van der Waals surface area contributed by atoms with E-state index in [0.29, 0.717) is 11.3 Å². The van der Waals surface area contributed by atoms with Crippen LogP contribution in [0.3, 0.4) is 0 Å². The number of furan rings is 1. The Kier molecular flexibility index (Phi) is 3.38. The van der Waals surface area contributed by atoms with Crippen LogP contribution in [0.15, 0.2) is 47.6 Å². The predicted octanol–water partition coefficient (Wildman–Crippen LogP) is 1.74. The zero-order chi connectivity index (χ0) is 14.7. The summed E-state index contributed by atoms with van der Waals surface area (Å²) in [5, 5.41) is 0. The summed E-state index contributed by atoms with van der Waals surface area (Å²) in [5.41, 5.74) is 7.27. The van der Waals surface area contributed by atoms with Crippen LogP contribution in [0.2, 0.25) is 0 Å². The molecule has 3 aromatic heterocycles. The van der Waals surface area contributed by atoms with Crippen molar-refractivity contribution in [1.29, 1.82) is 0 Å². The van der Waals surface area contributed by atoms with Gasteiger partial charge in [0.1, 0.15) is 12.9 Å². The van der Waals surface area contributed by atoms with Gasteiger partial charge in [0.05, 0.1) is 29.5 Å². The van der Waals surface area contributed by atoms with Crippen LogP contribution < -0.4 is 10.5 Å². The normalized spacial score (nSPS) is 10.5. The van der Waals surface area contributed by atoms with Crippen molar-refractivity contribution in [2.45, 2.75) is 6.61 Å². The Bertz CT molecular complexity index is 735. The third-order valence-electron chi connectivity index (χ3n) is 2.84. The van der Waals surface area contributed by atoms with Crippen molar-refractivity contribution in [3.05, 3.63) is 54.6 Å². The number of ether oxygens (including phenoxy) is 1. The monoisotopic (exact) mass is 284 g/mol. The molecule has 0 radical (unpaired) electrons. The van der Waals surface area contributed by atoms with Crippen LogP contribution in [-0.4, -0.2) is 20.9 Å². The molecule has 1 amide bonds. The number of carbonyl (C=O) groups is 1. The fraction of sp³-hybridized carbons (Fsp3) is 0.0714. The first-order valence-electron chi connectivity index (χ1n) is 6.18. The highest BCUT2D eigenvalue weighted by atomic mass is 16.5. The molecule has 0 atom stereocenters. The van der Waals surface area contributed by atoms with Gasteiger partial charge in [-0.1, -0.05) is 6.07 Å². The number of imidazole rings is 1. The maximum absolute atomic E-state index is 11.4. The van der Waals surface area contributed by atoms with E-state index in [1.807, 2.05) is 6.07 Å². The molecule has 0 bridgehead atoms. The van der Waals surface area contributed by atoms with Gasteiger partial charge in [-0.3, -0.25) is 9.78 Å². The van der Waals surface area contributed by atoms with Gasteiger partial charge < -0.3 is 19.9 Å². The standard InChI is InChI=1S/C14H12N4O3/c15-14(19)13-12(20-6-9-5-16-8-18-9)10(7-21-13)11-3-1-2-4-17-11/h1-5,7-8H,6H2,(H2,15,19)(H,16,18). The minimum absolute atomic E-state index is 0.0323. The summed E-state index contributed by atoms with van der Waals surface area (Å²) < 4.78 is 10.9. The summed E-state index contributed by atoms with van der Waals surface area (Å²) in [4.78, 5) is 22.5. The number of H-pyrrole nitrogens is 1. The van der Waals surface area contributed by atoms with E-state index in [0.717, 1.165) is 5.69 Å². The zero-order valence-corrected chi connectivity index (χ0v) is 10.9. The Morgan fingerprint density at radius 2 is 2.33 bits per heavy atom. The lowest BCUT2D eigenvalue weighted by Gasteiger charge is -2.06. The van der Waals surface area contributed by atoms with Crippen molar-refractivity contribution in [2.75, 3.05) is 0 Å². The molecule has 3 rings (SSSR count). The number of aromatic amines is 1. The number of nitrogens with one attached hydrogen (secondary N) is 1. The summed E-state index contributed by atoms with van der Waals surface area (Å²) in [6, 6.07) is 5.42. The average molecular weight is 284 g/mol. The second-order valence-corrected chi connectivity index (χ2v) is 4.25. The van der Waals surface area contributed by atoms with Crippen LogP contribution in [0.1, 0.15) is 16.2 Å². The smallest absolute Gasteiger partial charge is 0.288 e. The van der Waals surface area contributed by atoms with Crippen molar-refractivity contribution in [2.24, 2.45) is 5.73 Å². The van der Waals surface area contributed by atoms with Crippen LogP contribution in [-0.2, 0) is 6.61 Å². The number of hydrogen-bond donors (Lipinski definition) is 2. The Hall–Kier alpha value is -3.09. The highest BCUT2D eigenvalue weighted by Gasteiger charge is 2.21. The van der Waals surface area contributed by atoms with Gasteiger partial charge in [-0.2, -0.15) is 0 Å². The first-order chi connectivity index (χ1) is 10.3. The van der Waals surface area contributed by atoms with E-state index >= 15 is 0 Å². The molecular weight excluding hydrogens is 272 g/mol. The first-order valence-corrected chi connectivity index (χ1v) is 6.18. The maximum atomic E-state index is 11.4. The molecule has 3 aromatic rings. The lowest BCUT2D eigenvalue weighted by Crippen LogP contribution is -2.11. The van der Waals surface area contributed by atoms with Crippen LogP contribution in [0.4, 0.5) is 0 Å². The lowest BCUT2D eigenvalue weighted by molar-refractivity contribution is 0.0967. The van der Waals surface area contributed by atoms with Crippen LogP contribution in [0, 0.1) is 0 Å². The van der Waals surface area contributed by atoms with Gasteiger partial charge >= 0.3 is 0 Å². The van der Waals surface area contributed by atoms with E-state index < -0.39 is 5.91 Å². The van der Waals surface area contributed by atoms with Crippen molar-refractivity contribution in [3.8, 4) is 17.0 Å². The number of carbonyl (C=O) groups excluding carboxylic acids is 1. The van der Waals surface area contributed by atoms with Crippen LogP contribution in [0.5, 0.6) is 5.75 Å². The molecule has 0 aromatic carbocycles. The minimum Gasteiger partial charge on any atom is -0.482 e. The number of hydrogen-bond acceptors (Lipinski definition) is 5. The van der Waals surface area contributed by atoms with Gasteiger partial charge in [-0.05, 0) is 12.1 Å². The van der Waals surface area contributed by atoms with Gasteiger partial charge in [0.2, 0.25) is 5.76 Å². The van der Waals surface area contributed by atoms with E-state index in [2.05, 4.69) is 15.0 Å². The van der Waals surface area contributed by atoms with Gasteiger partial charge in [0.15, 0.2) is 5.75 Å². The SMILES string of the molecule is NC(=O)c1occ(-c2ccccn2)c1OCc1cnc[nH]1. The molecule has 0 fully saturated rings. The van der Waals surface area contributed by atoms with Crippen molar-refractivity contribution >= 4 is 5.91 Å². The second-order valence-electron chi connectivity index (χ2n) is 4.25. The molecule has 0 saturated carbocycles. The van der Waals surface area contributed by atoms with Gasteiger partial charge in [-0.15, -0.1) is 0 Å². The van der Waals surface area contributed by atoms with Gasteiger partial charge in [0, 0.05) is 6.20 Å². The molecule has 0 aliphatic carbocycles. The number of pyridine rings is 1. The largest absolute Gasteiger partial charge is 0.482 e. The van der Waals surface area contributed by atoms with E-state index in [4.69, 9.17) is 14.9 Å². The highest BCUT2D eigenvalue weighted by Crippen LogP contribution is 2.34. The molecule has 0 saturated heterocycles. The van der Waals surface area contributed by atoms with Crippen molar-refractivity contribution < 1.29 is 13.9 Å². The predicted molar refractivity (Wildman–Crippen MR) is 73.4 cm³/mol. The average Bonchev–Trinajstić information content (AvgIpc) is 3.15. The number of aromatic nitrogens is 3. The summed E-state index contributed by atoms with van der Waals surface area (Å²) in [7, 11) is 0. The fourth-order valence-corrected chi connectivity index (χ4v) is 1.87. The van der Waals surface area contributed by atoms with E-state index in [9.17, 15) is 4.79 Å². The number of nitrogens with zero attached hydrogens (tertiary/aromatic N) is 2. The molecule has 0 aliphatic rings. The molecular formula is C14H12N4O3. The Labute approximate surface area is 119 Å². The molecule has 7 heteroatoms. The van der Waals surface area contributed by atoms with Crippen molar-refractivity contribution in [1.82, 2.24) is 15.0 Å². The number of rotatable bonds is 5. The van der Waals surface area contributed by atoms with E-state index in [1.54, 1.807) is 30.9 Å². The number of amides is 1. The van der Waals surface area contributed by atoms with Crippen molar-refractivity contribution in [3.63, 3.8) is 0 Å². The maximum Gasteiger partial charge on any atom is 0.288 e. The molecule has 3 heterocycles. The summed E-state index contributed by atoms with van der Waals surface area (Å²) >= 11 is 0. The lowest BCUT2D eigenvalue weighted by atomic mass is 10.2. The number of primary amides is 1. The fourth-order valence-electron chi connectivity index (χ4n) is 1.87. The first kappa shape index (κ1) is 12.9. The molecule has 0 aliphatic heterocycles. The molecule has 7 nitrogen and oxygen atoms in total. The number of nitrogens with two attached hydrogens (primary N) is 1. The second kappa shape index (κ2) is 5.49. The van der Waals surface area contributed by atoms with E-state index in [-0.39, 0.29) is 18.1 Å². The van der Waals surface area contributed by atoms with E-state index in [1.165, 1.54) is 6.26 Å². The molecule has 21 heavy (non-hydrogen) atoms. The molecule has 3 N–H and O–H groups in total. The summed E-state index contributed by atoms with van der Waals surface area (Å²) in [5.74, 6) is -0.456. The quantitative estimate of drug-likeness (QED) is 0.742. The third kappa shape index (κ3) is 2.62. The molecule has 106 valence electrons. The van der Waals surface area contributed by atoms with Crippen LogP contribution in [0.25, 0.3) is 11.3 Å². The van der Waals surface area contributed by atoms with Gasteiger partial charge in [-0.25, -0.2) is 4.98 Å². The zero-order valence-electron chi connectivity index (χ0n) is 10.9. The Morgan fingerprint density at radius 3 is 3.00 bits per heavy atom.